The van der Waals surface area contributed by atoms with Crippen LogP contribution in [0.3, 0.4) is 0 Å². The number of benzene rings is 2. The van der Waals surface area contributed by atoms with Crippen LogP contribution in [-0.2, 0) is 17.1 Å². The first-order valence-corrected chi connectivity index (χ1v) is 10.6. The number of sulfonamides is 1. The molecule has 0 aliphatic carbocycles. The highest BCUT2D eigenvalue weighted by Gasteiger charge is 2.28. The molecule has 1 heterocycles. The van der Waals surface area contributed by atoms with Gasteiger partial charge in [-0.25, -0.2) is 8.42 Å². The highest BCUT2D eigenvalue weighted by atomic mass is 35.5. The third-order valence-corrected chi connectivity index (χ3v) is 6.73. The molecule has 0 spiro atoms. The standard InChI is InChI=1S/C20H21ClN4O3S/c1-13-5-9-16(10-6-13)29(27,28)25(4)20-17(12-22-24(20)3)19(26)23-15-8-7-14(2)18(21)11-15/h5-12H,1-4H3,(H,23,26). The predicted molar refractivity (Wildman–Crippen MR) is 114 cm³/mol. The van der Waals surface area contributed by atoms with Gasteiger partial charge in [0.25, 0.3) is 15.9 Å². The van der Waals surface area contributed by atoms with Crippen LogP contribution in [-0.4, -0.2) is 31.2 Å². The molecule has 9 heteroatoms. The molecule has 3 aromatic rings. The summed E-state index contributed by atoms with van der Waals surface area (Å²) in [4.78, 5) is 13.0. The summed E-state index contributed by atoms with van der Waals surface area (Å²) in [7, 11) is -0.897. The lowest BCUT2D eigenvalue weighted by atomic mass is 10.2. The normalized spacial score (nSPS) is 11.3. The fourth-order valence-corrected chi connectivity index (χ4v) is 4.24. The smallest absolute Gasteiger partial charge is 0.265 e. The summed E-state index contributed by atoms with van der Waals surface area (Å²) in [6.45, 7) is 3.74. The molecular weight excluding hydrogens is 412 g/mol. The highest BCUT2D eigenvalue weighted by Crippen LogP contribution is 2.27. The van der Waals surface area contributed by atoms with Crippen molar-refractivity contribution in [2.45, 2.75) is 18.7 Å². The van der Waals surface area contributed by atoms with Gasteiger partial charge in [-0.05, 0) is 43.7 Å². The van der Waals surface area contributed by atoms with E-state index < -0.39 is 15.9 Å². The molecule has 0 aliphatic heterocycles. The molecule has 152 valence electrons. The zero-order chi connectivity index (χ0) is 21.3. The maximum Gasteiger partial charge on any atom is 0.265 e. The molecule has 1 N–H and O–H groups in total. The molecule has 0 radical (unpaired) electrons. The lowest BCUT2D eigenvalue weighted by Crippen LogP contribution is -2.30. The number of amides is 1. The summed E-state index contributed by atoms with van der Waals surface area (Å²) < 4.78 is 28.5. The summed E-state index contributed by atoms with van der Waals surface area (Å²) in [6, 6.07) is 11.7. The Balaban J connectivity index is 1.95. The minimum Gasteiger partial charge on any atom is -0.322 e. The summed E-state index contributed by atoms with van der Waals surface area (Å²) in [5, 5.41) is 7.33. The number of halogens is 1. The highest BCUT2D eigenvalue weighted by molar-refractivity contribution is 7.92. The van der Waals surface area contributed by atoms with Crippen LogP contribution < -0.4 is 9.62 Å². The number of nitrogens with one attached hydrogen (secondary N) is 1. The fraction of sp³-hybridized carbons (Fsp3) is 0.200. The van der Waals surface area contributed by atoms with Crippen molar-refractivity contribution in [3.05, 3.63) is 70.4 Å². The summed E-state index contributed by atoms with van der Waals surface area (Å²) in [5.41, 5.74) is 2.46. The first-order chi connectivity index (χ1) is 13.6. The minimum absolute atomic E-state index is 0.127. The van der Waals surface area contributed by atoms with Gasteiger partial charge in [0, 0.05) is 24.8 Å². The molecular formula is C20H21ClN4O3S. The van der Waals surface area contributed by atoms with Gasteiger partial charge < -0.3 is 5.32 Å². The zero-order valence-corrected chi connectivity index (χ0v) is 18.0. The van der Waals surface area contributed by atoms with Crippen molar-refractivity contribution in [2.75, 3.05) is 16.7 Å². The van der Waals surface area contributed by atoms with Crippen molar-refractivity contribution < 1.29 is 13.2 Å². The molecule has 0 bridgehead atoms. The number of hydrogen-bond acceptors (Lipinski definition) is 4. The molecule has 0 aliphatic rings. The number of hydrogen-bond donors (Lipinski definition) is 1. The van der Waals surface area contributed by atoms with E-state index in [2.05, 4.69) is 10.4 Å². The number of carbonyl (C=O) groups excluding carboxylic acids is 1. The first kappa shape index (κ1) is 20.9. The Morgan fingerprint density at radius 2 is 1.79 bits per heavy atom. The van der Waals surface area contributed by atoms with E-state index in [4.69, 9.17) is 11.6 Å². The minimum atomic E-state index is -3.87. The first-order valence-electron chi connectivity index (χ1n) is 8.76. The molecule has 2 aromatic carbocycles. The van der Waals surface area contributed by atoms with Crippen LogP contribution in [0.4, 0.5) is 11.5 Å². The van der Waals surface area contributed by atoms with E-state index in [-0.39, 0.29) is 16.3 Å². The van der Waals surface area contributed by atoms with Crippen LogP contribution in [0.15, 0.2) is 53.6 Å². The lowest BCUT2D eigenvalue weighted by Gasteiger charge is -2.21. The second-order valence-electron chi connectivity index (χ2n) is 6.71. The maximum absolute atomic E-state index is 13.0. The van der Waals surface area contributed by atoms with Crippen LogP contribution in [0.5, 0.6) is 0 Å². The second kappa shape index (κ2) is 7.88. The van der Waals surface area contributed by atoms with Crippen LogP contribution in [0, 0.1) is 13.8 Å². The van der Waals surface area contributed by atoms with Crippen molar-refractivity contribution in [3.8, 4) is 0 Å². The third kappa shape index (κ3) is 4.13. The van der Waals surface area contributed by atoms with E-state index in [1.165, 1.54) is 30.1 Å². The second-order valence-corrected chi connectivity index (χ2v) is 9.09. The number of aryl methyl sites for hydroxylation is 3. The van der Waals surface area contributed by atoms with E-state index in [0.717, 1.165) is 15.4 Å². The summed E-state index contributed by atoms with van der Waals surface area (Å²) in [5.74, 6) is -0.333. The Kier molecular flexibility index (Phi) is 5.68. The largest absolute Gasteiger partial charge is 0.322 e. The van der Waals surface area contributed by atoms with Gasteiger partial charge in [0.2, 0.25) is 0 Å². The Labute approximate surface area is 175 Å². The van der Waals surface area contributed by atoms with Crippen molar-refractivity contribution in [1.82, 2.24) is 9.78 Å². The predicted octanol–water partition coefficient (Wildman–Crippen LogP) is 3.77. The molecule has 0 saturated heterocycles. The van der Waals surface area contributed by atoms with E-state index >= 15 is 0 Å². The van der Waals surface area contributed by atoms with Crippen molar-refractivity contribution in [3.63, 3.8) is 0 Å². The Bertz CT molecular complexity index is 1170. The zero-order valence-electron chi connectivity index (χ0n) is 16.5. The van der Waals surface area contributed by atoms with Gasteiger partial charge >= 0.3 is 0 Å². The molecule has 3 rings (SSSR count). The molecule has 1 amide bonds. The SMILES string of the molecule is Cc1ccc(S(=O)(=O)N(C)c2c(C(=O)Nc3ccc(C)c(Cl)c3)cnn2C)cc1. The topological polar surface area (TPSA) is 84.3 Å². The van der Waals surface area contributed by atoms with Gasteiger partial charge in [-0.2, -0.15) is 5.10 Å². The maximum atomic E-state index is 13.0. The van der Waals surface area contributed by atoms with Crippen molar-refractivity contribution in [2.24, 2.45) is 7.05 Å². The van der Waals surface area contributed by atoms with Gasteiger partial charge in [0.1, 0.15) is 5.56 Å². The quantitative estimate of drug-likeness (QED) is 0.665. The summed E-state index contributed by atoms with van der Waals surface area (Å²) in [6.07, 6.45) is 1.33. The molecule has 1 aromatic heterocycles. The van der Waals surface area contributed by atoms with E-state index in [1.807, 2.05) is 13.8 Å². The molecule has 0 saturated carbocycles. The van der Waals surface area contributed by atoms with E-state index in [1.54, 1.807) is 37.4 Å². The van der Waals surface area contributed by atoms with Gasteiger partial charge in [0.15, 0.2) is 5.82 Å². The fourth-order valence-electron chi connectivity index (χ4n) is 2.82. The Morgan fingerprint density at radius 1 is 1.14 bits per heavy atom. The lowest BCUT2D eigenvalue weighted by molar-refractivity contribution is 0.102. The van der Waals surface area contributed by atoms with Crippen LogP contribution in [0.2, 0.25) is 5.02 Å². The van der Waals surface area contributed by atoms with Crippen LogP contribution in [0.1, 0.15) is 21.5 Å². The molecule has 29 heavy (non-hydrogen) atoms. The molecule has 0 atom stereocenters. The number of carbonyl (C=O) groups is 1. The Morgan fingerprint density at radius 3 is 2.41 bits per heavy atom. The number of rotatable bonds is 5. The monoisotopic (exact) mass is 432 g/mol. The number of anilines is 2. The van der Waals surface area contributed by atoms with Gasteiger partial charge in [-0.1, -0.05) is 35.4 Å². The van der Waals surface area contributed by atoms with Crippen LogP contribution in [0.25, 0.3) is 0 Å². The van der Waals surface area contributed by atoms with Crippen molar-refractivity contribution in [1.29, 1.82) is 0 Å². The number of aromatic nitrogens is 2. The average Bonchev–Trinajstić information content (AvgIpc) is 3.06. The van der Waals surface area contributed by atoms with Crippen LogP contribution >= 0.6 is 11.6 Å². The van der Waals surface area contributed by atoms with E-state index in [0.29, 0.717) is 10.7 Å². The average molecular weight is 433 g/mol. The molecule has 0 fully saturated rings. The van der Waals surface area contributed by atoms with Crippen molar-refractivity contribution >= 4 is 39.0 Å². The van der Waals surface area contributed by atoms with E-state index in [9.17, 15) is 13.2 Å². The number of nitrogens with zero attached hydrogens (tertiary/aromatic N) is 3. The van der Waals surface area contributed by atoms with Gasteiger partial charge in [-0.15, -0.1) is 0 Å². The Hall–Kier alpha value is -2.84. The third-order valence-electron chi connectivity index (χ3n) is 4.56. The van der Waals surface area contributed by atoms with Gasteiger partial charge in [-0.3, -0.25) is 13.8 Å². The molecule has 7 nitrogen and oxygen atoms in total. The van der Waals surface area contributed by atoms with Gasteiger partial charge in [0.05, 0.1) is 11.1 Å². The molecule has 0 unspecified atom stereocenters. The summed E-state index contributed by atoms with van der Waals surface area (Å²) >= 11 is 6.11.